The van der Waals surface area contributed by atoms with Gasteiger partial charge in [0.2, 0.25) is 0 Å². The van der Waals surface area contributed by atoms with Crippen LogP contribution in [0.1, 0.15) is 80.0 Å². The molecule has 0 saturated heterocycles. The third-order valence-electron chi connectivity index (χ3n) is 9.53. The predicted molar refractivity (Wildman–Crippen MR) is 179 cm³/mol. The van der Waals surface area contributed by atoms with Crippen LogP contribution in [0.4, 0.5) is 0 Å². The number of rotatable bonds is 18. The van der Waals surface area contributed by atoms with Gasteiger partial charge in [0.05, 0.1) is 12.7 Å². The minimum absolute atomic E-state index is 0.130. The predicted octanol–water partition coefficient (Wildman–Crippen LogP) is 3.20. The van der Waals surface area contributed by atoms with Crippen molar-refractivity contribution in [2.75, 3.05) is 13.2 Å². The van der Waals surface area contributed by atoms with E-state index in [4.69, 9.17) is 9.84 Å². The lowest BCUT2D eigenvalue weighted by molar-refractivity contribution is -0.148. The molecule has 2 aromatic carbocycles. The zero-order valence-electron chi connectivity index (χ0n) is 27.3. The summed E-state index contributed by atoms with van der Waals surface area (Å²) in [6, 6.07) is 17.0. The molecule has 2 aliphatic carbocycles. The van der Waals surface area contributed by atoms with Gasteiger partial charge in [0.1, 0.15) is 24.1 Å². The molecule has 0 spiro atoms. The van der Waals surface area contributed by atoms with E-state index in [1.807, 2.05) is 18.5 Å². The van der Waals surface area contributed by atoms with Crippen LogP contribution < -0.4 is 15.4 Å². The molecule has 10 nitrogen and oxygen atoms in total. The van der Waals surface area contributed by atoms with Gasteiger partial charge in [-0.1, -0.05) is 49.7 Å². The van der Waals surface area contributed by atoms with Crippen molar-refractivity contribution in [3.05, 3.63) is 83.2 Å². The first kappa shape index (κ1) is 34.9. The topological polar surface area (TPSA) is 164 Å². The molecule has 0 radical (unpaired) electrons. The van der Waals surface area contributed by atoms with Gasteiger partial charge in [0, 0.05) is 36.6 Å². The van der Waals surface area contributed by atoms with E-state index in [-0.39, 0.29) is 5.54 Å². The maximum absolute atomic E-state index is 12.2. The molecule has 2 saturated carbocycles. The Labute approximate surface area is 276 Å². The summed E-state index contributed by atoms with van der Waals surface area (Å²) in [6.07, 6.45) is 3.60. The lowest BCUT2D eigenvalue weighted by atomic mass is 9.92. The largest absolute Gasteiger partial charge is 0.490 e. The average Bonchev–Trinajstić information content (AvgIpc) is 4.04. The smallest absolute Gasteiger partial charge is 0.251 e. The fourth-order valence-electron chi connectivity index (χ4n) is 6.02. The summed E-state index contributed by atoms with van der Waals surface area (Å²) in [5.41, 5.74) is 7.11. The fourth-order valence-corrected chi connectivity index (χ4v) is 6.02. The molecule has 1 amide bonds. The van der Waals surface area contributed by atoms with Gasteiger partial charge in [0.25, 0.3) is 5.91 Å². The molecule has 0 aliphatic heterocycles. The SMILES string of the molecule is Cc1ccc(C(C)CCCCNC(=O)C(O)C(O)C(O)C(O)CO)cc1CNC1(c2cnccc2-c2ccccc2OC2CC2)CC1. The van der Waals surface area contributed by atoms with Crippen LogP contribution >= 0.6 is 0 Å². The van der Waals surface area contributed by atoms with Crippen molar-refractivity contribution in [2.24, 2.45) is 0 Å². The number of carbonyl (C=O) groups is 1. The van der Waals surface area contributed by atoms with Crippen molar-refractivity contribution in [3.8, 4) is 16.9 Å². The van der Waals surface area contributed by atoms with Gasteiger partial charge in [0.15, 0.2) is 6.10 Å². The molecule has 10 heteroatoms. The van der Waals surface area contributed by atoms with E-state index in [0.717, 1.165) is 56.4 Å². The number of benzene rings is 2. The molecule has 2 fully saturated rings. The van der Waals surface area contributed by atoms with Crippen molar-refractivity contribution in [1.29, 1.82) is 0 Å². The first-order valence-corrected chi connectivity index (χ1v) is 16.8. The number of aliphatic hydroxyl groups excluding tert-OH is 5. The number of ether oxygens (including phenoxy) is 1. The van der Waals surface area contributed by atoms with Crippen molar-refractivity contribution in [1.82, 2.24) is 15.6 Å². The Balaban J connectivity index is 1.14. The van der Waals surface area contributed by atoms with Crippen LogP contribution in [0.2, 0.25) is 0 Å². The summed E-state index contributed by atoms with van der Waals surface area (Å²) in [7, 11) is 0. The van der Waals surface area contributed by atoms with Crippen molar-refractivity contribution in [3.63, 3.8) is 0 Å². The van der Waals surface area contributed by atoms with Gasteiger partial charge >= 0.3 is 0 Å². The Morgan fingerprint density at radius 3 is 2.51 bits per heavy atom. The first-order valence-electron chi connectivity index (χ1n) is 16.8. The standard InChI is InChI=1S/C37H49N3O7/c1-23(7-5-6-17-39-36(46)35(45)34(44)33(43)31(42)22-41)25-11-10-24(2)26(19-25)20-40-37(15-16-37)30-21-38-18-14-28(30)29-8-3-4-9-32(29)47-27-12-13-27/h3-4,8-11,14,18-19,21,23,27,31,33-35,40-45H,5-7,12-13,15-17,20,22H2,1-2H3,(H,39,46). The first-order chi connectivity index (χ1) is 22.6. The zero-order chi connectivity index (χ0) is 33.6. The normalized spacial score (nSPS) is 18.5. The number of carbonyl (C=O) groups excluding carboxylic acids is 1. The van der Waals surface area contributed by atoms with E-state index >= 15 is 0 Å². The number of pyridine rings is 1. The number of hydrogen-bond acceptors (Lipinski definition) is 9. The second-order valence-corrected chi connectivity index (χ2v) is 13.2. The van der Waals surface area contributed by atoms with Gasteiger partial charge in [-0.25, -0.2) is 0 Å². The van der Waals surface area contributed by atoms with Crippen LogP contribution in [0.15, 0.2) is 60.9 Å². The van der Waals surface area contributed by atoms with Gasteiger partial charge < -0.3 is 40.9 Å². The Hall–Kier alpha value is -3.38. The van der Waals surface area contributed by atoms with Crippen LogP contribution in [0.25, 0.3) is 11.1 Å². The maximum Gasteiger partial charge on any atom is 0.251 e. The molecule has 5 rings (SSSR count). The van der Waals surface area contributed by atoms with E-state index in [1.54, 1.807) is 0 Å². The van der Waals surface area contributed by atoms with E-state index in [2.05, 4.69) is 71.9 Å². The molecule has 47 heavy (non-hydrogen) atoms. The van der Waals surface area contributed by atoms with Gasteiger partial charge in [-0.15, -0.1) is 0 Å². The monoisotopic (exact) mass is 647 g/mol. The average molecular weight is 648 g/mol. The summed E-state index contributed by atoms with van der Waals surface area (Å²) < 4.78 is 6.27. The van der Waals surface area contributed by atoms with E-state index in [0.29, 0.717) is 25.0 Å². The summed E-state index contributed by atoms with van der Waals surface area (Å²) in [5, 5.41) is 54.4. The van der Waals surface area contributed by atoms with Gasteiger partial charge in [-0.2, -0.15) is 0 Å². The van der Waals surface area contributed by atoms with Crippen molar-refractivity contribution in [2.45, 2.75) is 107 Å². The van der Waals surface area contributed by atoms with E-state index in [1.165, 1.54) is 27.8 Å². The van der Waals surface area contributed by atoms with Gasteiger partial charge in [-0.05, 0) is 91.3 Å². The molecular weight excluding hydrogens is 598 g/mol. The van der Waals surface area contributed by atoms with Crippen LogP contribution in [0.3, 0.4) is 0 Å². The number of aryl methyl sites for hydroxylation is 1. The van der Waals surface area contributed by atoms with Crippen molar-refractivity contribution < 1.29 is 35.1 Å². The fraction of sp³-hybridized carbons (Fsp3) is 0.514. The van der Waals surface area contributed by atoms with Crippen LogP contribution in [-0.2, 0) is 16.9 Å². The Morgan fingerprint density at radius 1 is 1.02 bits per heavy atom. The molecule has 1 aromatic heterocycles. The second-order valence-electron chi connectivity index (χ2n) is 13.2. The minimum Gasteiger partial charge on any atom is -0.490 e. The van der Waals surface area contributed by atoms with E-state index in [9.17, 15) is 25.2 Å². The quantitative estimate of drug-likeness (QED) is 0.103. The molecular formula is C37H49N3O7. The minimum atomic E-state index is -1.92. The van der Waals surface area contributed by atoms with Crippen LogP contribution in [-0.4, -0.2) is 80.1 Å². The Bertz CT molecular complexity index is 1490. The van der Waals surface area contributed by atoms with E-state index < -0.39 is 36.9 Å². The summed E-state index contributed by atoms with van der Waals surface area (Å²) in [6.45, 7) is 4.57. The third kappa shape index (κ3) is 8.76. The van der Waals surface area contributed by atoms with Crippen LogP contribution in [0, 0.1) is 6.92 Å². The highest BCUT2D eigenvalue weighted by Crippen LogP contribution is 2.50. The zero-order valence-corrected chi connectivity index (χ0v) is 27.3. The highest BCUT2D eigenvalue weighted by atomic mass is 16.5. The number of para-hydroxylation sites is 1. The highest BCUT2D eigenvalue weighted by molar-refractivity contribution is 5.81. The molecule has 0 bridgehead atoms. The Kier molecular flexibility index (Phi) is 11.7. The van der Waals surface area contributed by atoms with Crippen LogP contribution in [0.5, 0.6) is 5.75 Å². The molecule has 1 heterocycles. The number of aliphatic hydroxyl groups is 5. The molecule has 7 N–H and O–H groups in total. The number of unbranched alkanes of at least 4 members (excludes halogenated alkanes) is 1. The lowest BCUT2D eigenvalue weighted by Gasteiger charge is -2.25. The third-order valence-corrected chi connectivity index (χ3v) is 9.53. The second kappa shape index (κ2) is 15.7. The summed E-state index contributed by atoms with van der Waals surface area (Å²) >= 11 is 0. The highest BCUT2D eigenvalue weighted by Gasteiger charge is 2.46. The Morgan fingerprint density at radius 2 is 1.79 bits per heavy atom. The number of nitrogens with one attached hydrogen (secondary N) is 2. The number of aromatic nitrogens is 1. The molecule has 3 aromatic rings. The van der Waals surface area contributed by atoms with Gasteiger partial charge in [-0.3, -0.25) is 9.78 Å². The summed E-state index contributed by atoms with van der Waals surface area (Å²) in [5.74, 6) is 0.396. The molecule has 2 aliphatic rings. The molecule has 5 atom stereocenters. The summed E-state index contributed by atoms with van der Waals surface area (Å²) in [4.78, 5) is 16.7. The lowest BCUT2D eigenvalue weighted by Crippen LogP contribution is -2.51. The number of nitrogens with zero attached hydrogens (tertiary/aromatic N) is 1. The molecule has 254 valence electrons. The van der Waals surface area contributed by atoms with Crippen molar-refractivity contribution >= 4 is 5.91 Å². The maximum atomic E-state index is 12.2. The number of hydrogen-bond donors (Lipinski definition) is 7. The number of amides is 1. The molecule has 5 unspecified atom stereocenters.